The molecule has 0 radical (unpaired) electrons. The highest BCUT2D eigenvalue weighted by Gasteiger charge is 2.67. The van der Waals surface area contributed by atoms with E-state index in [-0.39, 0.29) is 71.8 Å². The van der Waals surface area contributed by atoms with Gasteiger partial charge in [-0.2, -0.15) is 19.0 Å². The molecule has 8 rings (SSSR count). The van der Waals surface area contributed by atoms with E-state index in [2.05, 4.69) is 25.2 Å². The van der Waals surface area contributed by atoms with E-state index in [0.717, 1.165) is 23.0 Å². The summed E-state index contributed by atoms with van der Waals surface area (Å²) in [5, 5.41) is 10.3. The first-order valence-corrected chi connectivity index (χ1v) is 19.8. The number of benzene rings is 3. The maximum Gasteiger partial charge on any atom is 0.293 e. The Hall–Kier alpha value is -4.85. The van der Waals surface area contributed by atoms with Crippen LogP contribution in [-0.4, -0.2) is 49.7 Å². The van der Waals surface area contributed by atoms with Crippen molar-refractivity contribution in [3.8, 4) is 5.69 Å². The fourth-order valence-corrected chi connectivity index (χ4v) is 8.93. The Bertz CT molecular complexity index is 2870. The number of hydrogen-bond donors (Lipinski definition) is 2. The molecular weight excluding hydrogens is 849 g/mol. The number of carbonyl (C=O) groups excluding carboxylic acids is 1. The van der Waals surface area contributed by atoms with Crippen LogP contribution in [0.3, 0.4) is 0 Å². The maximum absolute atomic E-state index is 15.4. The zero-order chi connectivity index (χ0) is 41.0. The van der Waals surface area contributed by atoms with Crippen LogP contribution in [0.4, 0.5) is 32.2 Å². The van der Waals surface area contributed by atoms with Gasteiger partial charge in [0.15, 0.2) is 5.82 Å². The van der Waals surface area contributed by atoms with Gasteiger partial charge in [0.05, 0.1) is 49.8 Å². The molecule has 2 aliphatic rings. The third-order valence-electron chi connectivity index (χ3n) is 9.82. The first-order valence-electron chi connectivity index (χ1n) is 16.8. The lowest BCUT2D eigenvalue weighted by Gasteiger charge is -2.24. The fraction of sp³-hybridized carbons (Fsp3) is 0.286. The number of fused-ring (bicyclic) bond motifs is 5. The molecule has 3 aromatic heterocycles. The number of nitrogens with zero attached hydrogens (tertiary/aromatic N) is 6. The number of carbonyl (C=O) groups is 1. The molecule has 3 aromatic carbocycles. The Kier molecular flexibility index (Phi) is 9.33. The molecule has 57 heavy (non-hydrogen) atoms. The normalized spacial score (nSPS) is 17.6. The largest absolute Gasteiger partial charge is 0.344 e. The van der Waals surface area contributed by atoms with Crippen LogP contribution in [0, 0.1) is 17.6 Å². The second-order valence-corrected chi connectivity index (χ2v) is 16.8. The Balaban J connectivity index is 1.34. The molecule has 2 aliphatic carbocycles. The molecule has 298 valence electrons. The van der Waals surface area contributed by atoms with Crippen LogP contribution in [0.5, 0.6) is 0 Å². The molecule has 2 N–H and O–H groups in total. The molecule has 22 heteroatoms. The number of hydrogen-bond acceptors (Lipinski definition) is 7. The third kappa shape index (κ3) is 6.76. The van der Waals surface area contributed by atoms with Crippen molar-refractivity contribution in [2.45, 2.75) is 43.7 Å². The summed E-state index contributed by atoms with van der Waals surface area (Å²) in [5.41, 5.74) is -2.95. The van der Waals surface area contributed by atoms with Gasteiger partial charge in [-0.25, -0.2) is 31.0 Å². The smallest absolute Gasteiger partial charge is 0.293 e. The minimum absolute atomic E-state index is 0.00519. The van der Waals surface area contributed by atoms with Gasteiger partial charge < -0.3 is 5.32 Å². The fourth-order valence-electron chi connectivity index (χ4n) is 7.63. The predicted molar refractivity (Wildman–Crippen MR) is 198 cm³/mol. The predicted octanol–water partition coefficient (Wildman–Crippen LogP) is 7.33. The number of amides is 1. The second-order valence-electron chi connectivity index (χ2n) is 13.8. The minimum atomic E-state index is -3.91. The lowest BCUT2D eigenvalue weighted by molar-refractivity contribution is -0.123. The molecule has 1 saturated carbocycles. The van der Waals surface area contributed by atoms with Crippen LogP contribution < -0.4 is 15.6 Å². The van der Waals surface area contributed by atoms with Crippen molar-refractivity contribution < 1.29 is 39.6 Å². The molecule has 12 nitrogen and oxygen atoms in total. The van der Waals surface area contributed by atoms with Gasteiger partial charge in [0, 0.05) is 36.0 Å². The Labute approximate surface area is 332 Å². The lowest BCUT2D eigenvalue weighted by Crippen LogP contribution is -2.38. The summed E-state index contributed by atoms with van der Waals surface area (Å²) in [7, 11) is -2.49. The van der Waals surface area contributed by atoms with E-state index < -0.39 is 87.7 Å². The van der Waals surface area contributed by atoms with Crippen molar-refractivity contribution in [3.05, 3.63) is 108 Å². The van der Waals surface area contributed by atoms with Crippen LogP contribution in [0.2, 0.25) is 15.1 Å². The van der Waals surface area contributed by atoms with E-state index in [4.69, 9.17) is 34.8 Å². The highest BCUT2D eigenvalue weighted by atomic mass is 35.5. The lowest BCUT2D eigenvalue weighted by atomic mass is 10.0. The molecule has 3 atom stereocenters. The van der Waals surface area contributed by atoms with Gasteiger partial charge in [-0.15, -0.1) is 0 Å². The Morgan fingerprint density at radius 2 is 1.72 bits per heavy atom. The highest BCUT2D eigenvalue weighted by Crippen LogP contribution is 2.68. The molecule has 1 amide bonds. The van der Waals surface area contributed by atoms with E-state index in [1.807, 2.05) is 0 Å². The summed E-state index contributed by atoms with van der Waals surface area (Å²) < 4.78 is 118. The van der Waals surface area contributed by atoms with Crippen molar-refractivity contribution in [1.29, 1.82) is 0 Å². The van der Waals surface area contributed by atoms with Gasteiger partial charge in [0.2, 0.25) is 15.9 Å². The molecular formula is C35H25Cl3F6N8O4S. The molecule has 1 fully saturated rings. The first-order chi connectivity index (χ1) is 26.7. The number of sulfonamides is 1. The van der Waals surface area contributed by atoms with E-state index in [1.165, 1.54) is 36.0 Å². The van der Waals surface area contributed by atoms with Crippen molar-refractivity contribution in [2.24, 2.45) is 13.0 Å². The van der Waals surface area contributed by atoms with Gasteiger partial charge in [-0.05, 0) is 54.3 Å². The molecule has 2 unspecified atom stereocenters. The topological polar surface area (TPSA) is 146 Å². The molecule has 0 spiro atoms. The number of aromatic nitrogens is 6. The van der Waals surface area contributed by atoms with Gasteiger partial charge in [0.1, 0.15) is 35.4 Å². The summed E-state index contributed by atoms with van der Waals surface area (Å²) in [4.78, 5) is 33.3. The highest BCUT2D eigenvalue weighted by molar-refractivity contribution is 7.92. The van der Waals surface area contributed by atoms with Gasteiger partial charge in [-0.3, -0.25) is 28.2 Å². The first kappa shape index (κ1) is 39.0. The van der Waals surface area contributed by atoms with Gasteiger partial charge in [0.25, 0.3) is 17.9 Å². The average Bonchev–Trinajstić information content (AvgIpc) is 3.63. The van der Waals surface area contributed by atoms with E-state index in [9.17, 15) is 35.6 Å². The van der Waals surface area contributed by atoms with Crippen LogP contribution in [0.25, 0.3) is 27.5 Å². The quantitative estimate of drug-likeness (QED) is 0.137. The van der Waals surface area contributed by atoms with Crippen molar-refractivity contribution in [2.75, 3.05) is 11.0 Å². The zero-order valence-corrected chi connectivity index (χ0v) is 32.2. The summed E-state index contributed by atoms with van der Waals surface area (Å²) in [5.74, 6) is -9.19. The molecule has 0 saturated heterocycles. The summed E-state index contributed by atoms with van der Waals surface area (Å²) in [6, 6.07) is 6.22. The van der Waals surface area contributed by atoms with E-state index in [0.29, 0.717) is 10.7 Å². The van der Waals surface area contributed by atoms with Crippen LogP contribution >= 0.6 is 34.8 Å². The third-order valence-corrected chi connectivity index (χ3v) is 11.2. The number of anilines is 1. The van der Waals surface area contributed by atoms with Gasteiger partial charge >= 0.3 is 0 Å². The second kappa shape index (κ2) is 13.6. The van der Waals surface area contributed by atoms with Crippen LogP contribution in [0.1, 0.15) is 53.1 Å². The SMILES string of the molecule is Cn1nc(NS(C)(=O)=O)c2c(Cl)ccc(-n3c(C(Cc4cc(F)cc(F)c4)NC(=O)Cn4nc(C(F)F)c5c4C(F)(F)[C@@H]4CC54)nc4cc(Cl)cc(Cl)c4c3=O)c21. The maximum atomic E-state index is 15.4. The number of halogens is 9. The standard InChI is InChI=1S/C35H25Cl3F6N8O4S/c1-50-29-23(4-3-19(37)27(29)32(48-50)49-57(2,55)56)52-33(46-21-9-14(36)8-20(38)26(21)34(52)54)22(7-13-5-15(39)10-16(40)6-13)45-24(53)12-51-30-25(28(47-51)31(41)42)17-11-18(17)35(30,43)44/h3-6,8-10,17-18,22,31H,7,11-12H2,1-2H3,(H,45,53)(H,48,49)/t17?,18-,22?/m1/s1. The van der Waals surface area contributed by atoms with E-state index >= 15 is 8.78 Å². The Morgan fingerprint density at radius 1 is 1.02 bits per heavy atom. The van der Waals surface area contributed by atoms with Gasteiger partial charge in [-0.1, -0.05) is 34.8 Å². The average molecular weight is 874 g/mol. The van der Waals surface area contributed by atoms with Crippen LogP contribution in [0.15, 0.2) is 47.3 Å². The van der Waals surface area contributed by atoms with E-state index in [1.54, 1.807) is 0 Å². The summed E-state index contributed by atoms with van der Waals surface area (Å²) >= 11 is 19.4. The van der Waals surface area contributed by atoms with Crippen LogP contribution in [-0.2, 0) is 40.8 Å². The number of nitrogens with one attached hydrogen (secondary N) is 2. The summed E-state index contributed by atoms with van der Waals surface area (Å²) in [6.07, 6.45) is -2.83. The molecule has 6 aromatic rings. The number of alkyl halides is 4. The minimum Gasteiger partial charge on any atom is -0.344 e. The zero-order valence-electron chi connectivity index (χ0n) is 29.1. The molecule has 0 aliphatic heterocycles. The molecule has 0 bridgehead atoms. The van der Waals surface area contributed by atoms with Crippen molar-refractivity contribution in [3.63, 3.8) is 0 Å². The van der Waals surface area contributed by atoms with Crippen molar-refractivity contribution in [1.82, 2.24) is 34.4 Å². The molecule has 3 heterocycles. The van der Waals surface area contributed by atoms with Crippen molar-refractivity contribution >= 4 is 78.4 Å². The monoisotopic (exact) mass is 872 g/mol. The number of aryl methyl sites for hydroxylation is 1. The number of rotatable bonds is 10. The Morgan fingerprint density at radius 3 is 2.39 bits per heavy atom. The summed E-state index contributed by atoms with van der Waals surface area (Å²) in [6.45, 7) is -0.999.